The van der Waals surface area contributed by atoms with E-state index in [1.807, 2.05) is 49.0 Å². The van der Waals surface area contributed by atoms with Crippen molar-refractivity contribution in [3.05, 3.63) is 106 Å². The zero-order chi connectivity index (χ0) is 20.0. The van der Waals surface area contributed by atoms with Crippen LogP contribution in [0.5, 0.6) is 0 Å². The van der Waals surface area contributed by atoms with Gasteiger partial charge in [0.2, 0.25) is 0 Å². The molecule has 1 aliphatic rings. The lowest BCUT2D eigenvalue weighted by Gasteiger charge is -2.07. The molecule has 0 spiro atoms. The van der Waals surface area contributed by atoms with Crippen LogP contribution in [0, 0.1) is 6.92 Å². The third kappa shape index (κ3) is 2.85. The second-order valence-electron chi connectivity index (χ2n) is 7.42. The van der Waals surface area contributed by atoms with E-state index in [9.17, 15) is 4.79 Å². The van der Waals surface area contributed by atoms with E-state index in [1.165, 1.54) is 22.3 Å². The minimum Gasteiger partial charge on any atom is -0.283 e. The minimum absolute atomic E-state index is 0.110. The predicted octanol–water partition coefficient (Wildman–Crippen LogP) is 4.81. The minimum atomic E-state index is -0.110. The molecule has 3 aromatic carbocycles. The molecule has 0 radical (unpaired) electrons. The van der Waals surface area contributed by atoms with E-state index in [4.69, 9.17) is 0 Å². The summed E-state index contributed by atoms with van der Waals surface area (Å²) in [5, 5.41) is 0. The molecular formula is C25H21N3O. The number of aliphatic imine (C=N–C) groups is 1. The molecule has 0 aliphatic heterocycles. The van der Waals surface area contributed by atoms with Crippen molar-refractivity contribution in [1.82, 2.24) is 9.36 Å². The topological polar surface area (TPSA) is 39.3 Å². The van der Waals surface area contributed by atoms with Gasteiger partial charge in [0.25, 0.3) is 5.56 Å². The first-order chi connectivity index (χ1) is 14.1. The summed E-state index contributed by atoms with van der Waals surface area (Å²) >= 11 is 0. The predicted molar refractivity (Wildman–Crippen MR) is 118 cm³/mol. The molecule has 0 saturated carbocycles. The molecule has 4 aromatic rings. The maximum absolute atomic E-state index is 13.0. The molecule has 5 rings (SSSR count). The SMILES string of the molecule is Cc1c(N=Cc2ccc3c(c2)Cc2ccccc2-3)c(=O)n(-c2ccccc2)n1C. The normalized spacial score (nSPS) is 12.3. The van der Waals surface area contributed by atoms with E-state index in [0.29, 0.717) is 5.69 Å². The molecule has 0 N–H and O–H groups in total. The lowest BCUT2D eigenvalue weighted by atomic mass is 10.0. The maximum Gasteiger partial charge on any atom is 0.297 e. The van der Waals surface area contributed by atoms with Crippen LogP contribution in [0.3, 0.4) is 0 Å². The van der Waals surface area contributed by atoms with Crippen molar-refractivity contribution in [2.45, 2.75) is 13.3 Å². The maximum atomic E-state index is 13.0. The van der Waals surface area contributed by atoms with Crippen LogP contribution < -0.4 is 5.56 Å². The van der Waals surface area contributed by atoms with Gasteiger partial charge in [0.15, 0.2) is 5.69 Å². The molecule has 0 unspecified atom stereocenters. The van der Waals surface area contributed by atoms with Crippen LogP contribution in [0.25, 0.3) is 16.8 Å². The molecular weight excluding hydrogens is 358 g/mol. The highest BCUT2D eigenvalue weighted by atomic mass is 16.1. The standard InChI is InChI=1S/C25H21N3O/c1-17-24(25(29)28(27(17)2)21-9-4-3-5-10-21)26-16-18-12-13-23-20(14-18)15-19-8-6-7-11-22(19)23/h3-14,16H,15H2,1-2H3. The number of hydrogen-bond donors (Lipinski definition) is 0. The van der Waals surface area contributed by atoms with Crippen LogP contribution in [-0.2, 0) is 13.5 Å². The summed E-state index contributed by atoms with van der Waals surface area (Å²) in [5.41, 5.74) is 8.31. The second kappa shape index (κ2) is 6.74. The van der Waals surface area contributed by atoms with E-state index < -0.39 is 0 Å². The highest BCUT2D eigenvalue weighted by molar-refractivity contribution is 5.86. The molecule has 4 heteroatoms. The largest absolute Gasteiger partial charge is 0.297 e. The van der Waals surface area contributed by atoms with Crippen LogP contribution in [0.1, 0.15) is 22.4 Å². The Morgan fingerprint density at radius 1 is 0.897 bits per heavy atom. The Bertz CT molecular complexity index is 1310. The molecule has 4 nitrogen and oxygen atoms in total. The first-order valence-electron chi connectivity index (χ1n) is 9.73. The van der Waals surface area contributed by atoms with Crippen molar-refractivity contribution in [1.29, 1.82) is 0 Å². The first kappa shape index (κ1) is 17.4. The van der Waals surface area contributed by atoms with E-state index in [1.54, 1.807) is 10.9 Å². The Morgan fingerprint density at radius 3 is 2.45 bits per heavy atom. The molecule has 1 aliphatic carbocycles. The van der Waals surface area contributed by atoms with Gasteiger partial charge < -0.3 is 0 Å². The fourth-order valence-electron chi connectivity index (χ4n) is 4.09. The van der Waals surface area contributed by atoms with Crippen LogP contribution in [0.15, 0.2) is 82.6 Å². The van der Waals surface area contributed by atoms with Crippen LogP contribution in [0.4, 0.5) is 5.69 Å². The monoisotopic (exact) mass is 379 g/mol. The lowest BCUT2D eigenvalue weighted by Crippen LogP contribution is -2.19. The molecule has 1 heterocycles. The van der Waals surface area contributed by atoms with E-state index >= 15 is 0 Å². The third-order valence-corrected chi connectivity index (χ3v) is 5.68. The average Bonchev–Trinajstić information content (AvgIpc) is 3.21. The Kier molecular flexibility index (Phi) is 4.06. The number of para-hydroxylation sites is 1. The average molecular weight is 379 g/mol. The number of rotatable bonds is 3. The van der Waals surface area contributed by atoms with Gasteiger partial charge in [0.1, 0.15) is 0 Å². The third-order valence-electron chi connectivity index (χ3n) is 5.68. The summed E-state index contributed by atoms with van der Waals surface area (Å²) in [5.74, 6) is 0. The molecule has 0 fully saturated rings. The summed E-state index contributed by atoms with van der Waals surface area (Å²) < 4.78 is 3.50. The first-order valence-corrected chi connectivity index (χ1v) is 9.73. The van der Waals surface area contributed by atoms with Gasteiger partial charge in [-0.1, -0.05) is 54.6 Å². The number of fused-ring (bicyclic) bond motifs is 3. The number of aromatic nitrogens is 2. The van der Waals surface area contributed by atoms with E-state index in [0.717, 1.165) is 23.4 Å². The molecule has 0 atom stereocenters. The summed E-state index contributed by atoms with van der Waals surface area (Å²) in [7, 11) is 1.88. The Balaban J connectivity index is 1.51. The van der Waals surface area contributed by atoms with Gasteiger partial charge in [-0.25, -0.2) is 9.67 Å². The smallest absolute Gasteiger partial charge is 0.283 e. The van der Waals surface area contributed by atoms with Gasteiger partial charge in [0, 0.05) is 13.3 Å². The Hall–Kier alpha value is -3.66. The molecule has 0 amide bonds. The summed E-state index contributed by atoms with van der Waals surface area (Å²) in [6.07, 6.45) is 2.74. The zero-order valence-electron chi connectivity index (χ0n) is 16.5. The zero-order valence-corrected chi connectivity index (χ0v) is 16.5. The summed E-state index contributed by atoms with van der Waals surface area (Å²) in [6.45, 7) is 1.92. The van der Waals surface area contributed by atoms with Crippen molar-refractivity contribution in [2.75, 3.05) is 0 Å². The van der Waals surface area contributed by atoms with Gasteiger partial charge in [0.05, 0.1) is 11.4 Å². The van der Waals surface area contributed by atoms with Gasteiger partial charge >= 0.3 is 0 Å². The summed E-state index contributed by atoms with van der Waals surface area (Å²) in [4.78, 5) is 17.6. The molecule has 1 aromatic heterocycles. The Morgan fingerprint density at radius 2 is 1.62 bits per heavy atom. The van der Waals surface area contributed by atoms with Gasteiger partial charge in [-0.3, -0.25) is 9.48 Å². The highest BCUT2D eigenvalue weighted by Gasteiger charge is 2.18. The van der Waals surface area contributed by atoms with Crippen molar-refractivity contribution in [2.24, 2.45) is 12.0 Å². The van der Waals surface area contributed by atoms with Gasteiger partial charge in [-0.05, 0) is 59.4 Å². The lowest BCUT2D eigenvalue weighted by molar-refractivity contribution is 0.630. The van der Waals surface area contributed by atoms with E-state index in [2.05, 4.69) is 47.5 Å². The van der Waals surface area contributed by atoms with Crippen LogP contribution in [-0.4, -0.2) is 15.6 Å². The van der Waals surface area contributed by atoms with Gasteiger partial charge in [-0.2, -0.15) is 0 Å². The van der Waals surface area contributed by atoms with E-state index in [-0.39, 0.29) is 5.56 Å². The molecule has 142 valence electrons. The van der Waals surface area contributed by atoms with Crippen molar-refractivity contribution in [3.63, 3.8) is 0 Å². The Labute approximate surface area is 169 Å². The van der Waals surface area contributed by atoms with Crippen LogP contribution >= 0.6 is 0 Å². The van der Waals surface area contributed by atoms with Crippen molar-refractivity contribution in [3.8, 4) is 16.8 Å². The number of nitrogens with zero attached hydrogens (tertiary/aromatic N) is 3. The van der Waals surface area contributed by atoms with Crippen molar-refractivity contribution < 1.29 is 0 Å². The van der Waals surface area contributed by atoms with Gasteiger partial charge in [-0.15, -0.1) is 0 Å². The van der Waals surface area contributed by atoms with Crippen LogP contribution in [0.2, 0.25) is 0 Å². The molecule has 0 saturated heterocycles. The number of benzene rings is 3. The fourth-order valence-corrected chi connectivity index (χ4v) is 4.09. The highest BCUT2D eigenvalue weighted by Crippen LogP contribution is 2.36. The molecule has 29 heavy (non-hydrogen) atoms. The second-order valence-corrected chi connectivity index (χ2v) is 7.42. The molecule has 0 bridgehead atoms. The quantitative estimate of drug-likeness (QED) is 0.415. The summed E-state index contributed by atoms with van der Waals surface area (Å²) in [6, 6.07) is 24.6. The number of hydrogen-bond acceptors (Lipinski definition) is 2. The fraction of sp³-hybridized carbons (Fsp3) is 0.120. The van der Waals surface area contributed by atoms with Crippen molar-refractivity contribution >= 4 is 11.9 Å².